The van der Waals surface area contributed by atoms with E-state index in [-0.39, 0.29) is 11.8 Å². The smallest absolute Gasteiger partial charge is 0.264 e. The molecule has 0 unspecified atom stereocenters. The summed E-state index contributed by atoms with van der Waals surface area (Å²) >= 11 is 6.12. The van der Waals surface area contributed by atoms with Crippen molar-refractivity contribution in [1.82, 2.24) is 5.32 Å². The summed E-state index contributed by atoms with van der Waals surface area (Å²) < 4.78 is 0.393. The molecule has 2 aliphatic heterocycles. The van der Waals surface area contributed by atoms with Crippen LogP contribution in [0, 0.1) is 6.92 Å². The summed E-state index contributed by atoms with van der Waals surface area (Å²) in [5, 5.41) is 2.55. The lowest BCUT2D eigenvalue weighted by Gasteiger charge is -2.11. The lowest BCUT2D eigenvalue weighted by Crippen LogP contribution is -2.23. The van der Waals surface area contributed by atoms with Crippen molar-refractivity contribution in [2.45, 2.75) is 6.92 Å². The van der Waals surface area contributed by atoms with Crippen molar-refractivity contribution in [2.24, 2.45) is 0 Å². The highest BCUT2D eigenvalue weighted by Gasteiger charge is 2.38. The molecule has 19 heavy (non-hydrogen) atoms. The Morgan fingerprint density at radius 2 is 2.05 bits per heavy atom. The molecule has 0 bridgehead atoms. The summed E-state index contributed by atoms with van der Waals surface area (Å²) in [5.74, 6) is -0.451. The molecule has 4 nitrogen and oxygen atoms in total. The molecular formula is C13H10N2O2S2. The van der Waals surface area contributed by atoms with Crippen LogP contribution in [-0.4, -0.2) is 23.2 Å². The van der Waals surface area contributed by atoms with E-state index in [4.69, 9.17) is 12.2 Å². The van der Waals surface area contributed by atoms with E-state index in [1.807, 2.05) is 25.1 Å². The largest absolute Gasteiger partial charge is 0.310 e. The zero-order chi connectivity index (χ0) is 13.7. The third-order valence-electron chi connectivity index (χ3n) is 3.20. The molecule has 0 saturated carbocycles. The number of nitrogens with one attached hydrogen (secondary N) is 1. The molecule has 0 spiro atoms. The molecule has 1 aromatic carbocycles. The normalized spacial score (nSPS) is 22.0. The van der Waals surface area contributed by atoms with E-state index in [2.05, 4.69) is 5.32 Å². The van der Waals surface area contributed by atoms with Crippen LogP contribution in [0.2, 0.25) is 0 Å². The standard InChI is InChI=1S/C13H10N2O2S2/c1-6-4-3-5-7-8(12(17)15(2)9(6)7)10-11(16)14-13(18)19-10/h3-5H,1-2H3,(H,14,16,18)/b10-8-. The molecule has 0 aliphatic carbocycles. The first-order valence-electron chi connectivity index (χ1n) is 5.66. The molecule has 96 valence electrons. The van der Waals surface area contributed by atoms with Crippen LogP contribution in [0.4, 0.5) is 5.69 Å². The highest BCUT2D eigenvalue weighted by Crippen LogP contribution is 2.43. The Hall–Kier alpha value is -1.66. The number of fused-ring (bicyclic) bond motifs is 1. The average Bonchev–Trinajstić information content (AvgIpc) is 2.79. The Balaban J connectivity index is 2.29. The summed E-state index contributed by atoms with van der Waals surface area (Å²) in [7, 11) is 1.72. The van der Waals surface area contributed by atoms with Gasteiger partial charge in [0.05, 0.1) is 16.2 Å². The maximum atomic E-state index is 12.4. The van der Waals surface area contributed by atoms with Gasteiger partial charge < -0.3 is 10.2 Å². The third kappa shape index (κ3) is 1.71. The van der Waals surface area contributed by atoms with Gasteiger partial charge in [-0.2, -0.15) is 0 Å². The number of amides is 2. The number of carbonyl (C=O) groups is 2. The van der Waals surface area contributed by atoms with Gasteiger partial charge in [-0.1, -0.05) is 42.2 Å². The number of hydrogen-bond acceptors (Lipinski definition) is 4. The number of hydrogen-bond donors (Lipinski definition) is 1. The van der Waals surface area contributed by atoms with Crippen LogP contribution in [0.25, 0.3) is 5.57 Å². The topological polar surface area (TPSA) is 49.4 Å². The number of carbonyl (C=O) groups excluding carboxylic acids is 2. The highest BCUT2D eigenvalue weighted by molar-refractivity contribution is 8.27. The molecule has 0 radical (unpaired) electrons. The molecule has 2 amide bonds. The van der Waals surface area contributed by atoms with Crippen molar-refractivity contribution in [1.29, 1.82) is 0 Å². The number of likely N-dealkylation sites (N-methyl/N-ethyl adjacent to an activating group) is 1. The van der Waals surface area contributed by atoms with Crippen LogP contribution in [0.3, 0.4) is 0 Å². The predicted molar refractivity (Wildman–Crippen MR) is 79.8 cm³/mol. The number of thiocarbonyl (C=S) groups is 1. The fraction of sp³-hybridized carbons (Fsp3) is 0.154. The van der Waals surface area contributed by atoms with Gasteiger partial charge in [-0.05, 0) is 12.5 Å². The highest BCUT2D eigenvalue weighted by atomic mass is 32.2. The van der Waals surface area contributed by atoms with Crippen LogP contribution in [0.15, 0.2) is 23.1 Å². The van der Waals surface area contributed by atoms with Crippen molar-refractivity contribution in [3.05, 3.63) is 34.2 Å². The number of thioether (sulfide) groups is 1. The summed E-state index contributed by atoms with van der Waals surface area (Å²) in [6.45, 7) is 1.95. The lowest BCUT2D eigenvalue weighted by atomic mass is 10.0. The van der Waals surface area contributed by atoms with E-state index < -0.39 is 0 Å². The SMILES string of the molecule is Cc1cccc2c1N(C)C(=O)/C2=C1\SC(=S)NC1=O. The number of para-hydroxylation sites is 1. The summed E-state index contributed by atoms with van der Waals surface area (Å²) in [5.41, 5.74) is 3.12. The zero-order valence-corrected chi connectivity index (χ0v) is 11.9. The second-order valence-corrected chi connectivity index (χ2v) is 6.07. The molecule has 1 N–H and O–H groups in total. The van der Waals surface area contributed by atoms with Crippen molar-refractivity contribution < 1.29 is 9.59 Å². The fourth-order valence-corrected chi connectivity index (χ4v) is 3.50. The minimum atomic E-state index is -0.291. The van der Waals surface area contributed by atoms with Crippen LogP contribution >= 0.6 is 24.0 Å². The second-order valence-electron chi connectivity index (χ2n) is 4.38. The zero-order valence-electron chi connectivity index (χ0n) is 10.3. The summed E-state index contributed by atoms with van der Waals surface area (Å²) in [6, 6.07) is 5.70. The van der Waals surface area contributed by atoms with Gasteiger partial charge in [-0.15, -0.1) is 0 Å². The van der Waals surface area contributed by atoms with Gasteiger partial charge >= 0.3 is 0 Å². The van der Waals surface area contributed by atoms with Gasteiger partial charge in [0, 0.05) is 12.6 Å². The van der Waals surface area contributed by atoms with Gasteiger partial charge in [0.25, 0.3) is 11.8 Å². The van der Waals surface area contributed by atoms with E-state index >= 15 is 0 Å². The molecule has 6 heteroatoms. The molecule has 2 aliphatic rings. The minimum absolute atomic E-state index is 0.161. The molecule has 2 heterocycles. The maximum Gasteiger partial charge on any atom is 0.264 e. The Labute approximate surface area is 119 Å². The van der Waals surface area contributed by atoms with Gasteiger partial charge in [0.2, 0.25) is 0 Å². The Bertz CT molecular complexity index is 679. The molecule has 1 aromatic rings. The predicted octanol–water partition coefficient (Wildman–Crippen LogP) is 1.83. The number of aryl methyl sites for hydroxylation is 1. The quantitative estimate of drug-likeness (QED) is 0.585. The van der Waals surface area contributed by atoms with Crippen molar-refractivity contribution in [3.63, 3.8) is 0 Å². The molecule has 0 aromatic heterocycles. The maximum absolute atomic E-state index is 12.4. The van der Waals surface area contributed by atoms with Gasteiger partial charge in [0.1, 0.15) is 4.32 Å². The third-order valence-corrected chi connectivity index (χ3v) is 4.44. The van der Waals surface area contributed by atoms with Crippen LogP contribution in [0.1, 0.15) is 11.1 Å². The van der Waals surface area contributed by atoms with Crippen molar-refractivity contribution in [2.75, 3.05) is 11.9 Å². The van der Waals surface area contributed by atoms with Gasteiger partial charge in [-0.3, -0.25) is 9.59 Å². The Morgan fingerprint density at radius 1 is 1.32 bits per heavy atom. The number of benzene rings is 1. The first-order chi connectivity index (χ1) is 9.00. The van der Waals surface area contributed by atoms with E-state index in [0.29, 0.717) is 14.8 Å². The molecular weight excluding hydrogens is 280 g/mol. The van der Waals surface area contributed by atoms with E-state index in [0.717, 1.165) is 28.6 Å². The molecule has 1 saturated heterocycles. The first-order valence-corrected chi connectivity index (χ1v) is 6.88. The number of nitrogens with zero attached hydrogens (tertiary/aromatic N) is 1. The molecule has 0 atom stereocenters. The minimum Gasteiger partial charge on any atom is -0.310 e. The van der Waals surface area contributed by atoms with E-state index in [1.165, 1.54) is 0 Å². The van der Waals surface area contributed by atoms with E-state index in [1.54, 1.807) is 11.9 Å². The Morgan fingerprint density at radius 3 is 2.68 bits per heavy atom. The molecule has 3 rings (SSSR count). The van der Waals surface area contributed by atoms with Crippen LogP contribution < -0.4 is 10.2 Å². The molecule has 1 fully saturated rings. The van der Waals surface area contributed by atoms with E-state index in [9.17, 15) is 9.59 Å². The lowest BCUT2D eigenvalue weighted by molar-refractivity contribution is -0.116. The Kier molecular flexibility index (Phi) is 2.72. The number of anilines is 1. The monoisotopic (exact) mass is 290 g/mol. The van der Waals surface area contributed by atoms with Crippen molar-refractivity contribution in [3.8, 4) is 0 Å². The summed E-state index contributed by atoms with van der Waals surface area (Å²) in [6.07, 6.45) is 0. The van der Waals surface area contributed by atoms with Gasteiger partial charge in [0.15, 0.2) is 0 Å². The van der Waals surface area contributed by atoms with Crippen molar-refractivity contribution >= 4 is 51.4 Å². The van der Waals surface area contributed by atoms with Crippen LogP contribution in [-0.2, 0) is 9.59 Å². The fourth-order valence-electron chi connectivity index (χ4n) is 2.39. The number of rotatable bonds is 0. The summed E-state index contributed by atoms with van der Waals surface area (Å²) in [4.78, 5) is 26.2. The van der Waals surface area contributed by atoms with Crippen LogP contribution in [0.5, 0.6) is 0 Å². The first kappa shape index (κ1) is 12.4. The average molecular weight is 290 g/mol. The van der Waals surface area contributed by atoms with Gasteiger partial charge in [-0.25, -0.2) is 0 Å². The second kappa shape index (κ2) is 4.18.